The number of phosphoric ester groups is 1. The summed E-state index contributed by atoms with van der Waals surface area (Å²) in [5.41, 5.74) is 0. The van der Waals surface area contributed by atoms with Crippen molar-refractivity contribution in [1.29, 1.82) is 0 Å². The van der Waals surface area contributed by atoms with Gasteiger partial charge in [-0.15, -0.1) is 0 Å². The number of aliphatic hydroxyl groups excluding tert-OH is 1. The first-order valence-electron chi connectivity index (χ1n) is 30.4. The van der Waals surface area contributed by atoms with E-state index in [2.05, 4.69) is 142 Å². The van der Waals surface area contributed by atoms with Crippen LogP contribution in [0.25, 0.3) is 0 Å². The van der Waals surface area contributed by atoms with Crippen molar-refractivity contribution in [2.45, 2.75) is 251 Å². The number of ether oxygens (including phenoxy) is 3. The van der Waals surface area contributed by atoms with Crippen LogP contribution in [0.1, 0.15) is 239 Å². The third-order valence-electron chi connectivity index (χ3n) is 12.3. The quantitative estimate of drug-likeness (QED) is 0.0197. The van der Waals surface area contributed by atoms with Gasteiger partial charge in [0.15, 0.2) is 6.10 Å². The smallest absolute Gasteiger partial charge is 0.462 e. The lowest BCUT2D eigenvalue weighted by atomic mass is 10.1. The van der Waals surface area contributed by atoms with Crippen molar-refractivity contribution in [3.63, 3.8) is 0 Å². The maximum atomic E-state index is 12.9. The lowest BCUT2D eigenvalue weighted by Gasteiger charge is -2.21. The van der Waals surface area contributed by atoms with E-state index in [-0.39, 0.29) is 25.9 Å². The standard InChI is InChI=1S/C66H109O11P/c1-4-7-10-13-16-19-22-25-28-30-31-33-36-39-42-45-48-51-54-57-66(70)77-63(59-73-64(68)55-52-49-46-43-40-37-35-32-29-26-23-20-17-14-11-8-5-2)61-75-78(71,72)74-60-62(58-67)76-65(69)56-53-50-47-44-41-38-34-27-24-21-18-15-12-9-6-3/h7-8,10-11,16-21,25-29,31,33-35,37,62-63,67H,4-6,9,12-15,22-24,30,32,36,38-61H2,1-3H3,(H,71,72)/b10-7-,11-8-,19-16-,20-17-,21-18-,28-25-,29-26-,33-31-,34-27-,37-35-. The van der Waals surface area contributed by atoms with Crippen LogP contribution in [0.15, 0.2) is 122 Å². The summed E-state index contributed by atoms with van der Waals surface area (Å²) in [7, 11) is -4.77. The number of hydrogen-bond donors (Lipinski definition) is 2. The molecule has 0 spiro atoms. The largest absolute Gasteiger partial charge is 0.472 e. The number of carbonyl (C=O) groups excluding carboxylic acids is 3. The van der Waals surface area contributed by atoms with Crippen LogP contribution in [0.4, 0.5) is 0 Å². The maximum absolute atomic E-state index is 12.9. The zero-order valence-corrected chi connectivity index (χ0v) is 50.0. The van der Waals surface area contributed by atoms with Gasteiger partial charge in [-0.05, 0) is 128 Å². The van der Waals surface area contributed by atoms with Crippen molar-refractivity contribution in [1.82, 2.24) is 0 Å². The van der Waals surface area contributed by atoms with Gasteiger partial charge in [-0.25, -0.2) is 4.57 Å². The minimum atomic E-state index is -4.77. The highest BCUT2D eigenvalue weighted by atomic mass is 31.2. The Labute approximate surface area is 475 Å². The fraction of sp³-hybridized carbons (Fsp3) is 0.652. The molecule has 0 saturated carbocycles. The second kappa shape index (κ2) is 59.0. The number of carbonyl (C=O) groups is 3. The van der Waals surface area contributed by atoms with Gasteiger partial charge in [-0.1, -0.05) is 213 Å². The van der Waals surface area contributed by atoms with E-state index in [1.54, 1.807) is 0 Å². The van der Waals surface area contributed by atoms with Gasteiger partial charge < -0.3 is 24.2 Å². The van der Waals surface area contributed by atoms with E-state index in [4.69, 9.17) is 23.3 Å². The van der Waals surface area contributed by atoms with E-state index < -0.39 is 57.8 Å². The molecule has 0 aliphatic rings. The van der Waals surface area contributed by atoms with E-state index in [0.717, 1.165) is 161 Å². The molecule has 11 nitrogen and oxygen atoms in total. The summed E-state index contributed by atoms with van der Waals surface area (Å²) in [5, 5.41) is 9.83. The molecule has 0 bridgehead atoms. The molecular formula is C66H109O11P. The molecular weight excluding hydrogens is 1000 g/mol. The Morgan fingerprint density at radius 2 is 0.667 bits per heavy atom. The maximum Gasteiger partial charge on any atom is 0.472 e. The highest BCUT2D eigenvalue weighted by molar-refractivity contribution is 7.47. The number of esters is 3. The summed E-state index contributed by atoms with van der Waals surface area (Å²) in [6.07, 6.45) is 72.9. The molecule has 0 radical (unpaired) electrons. The number of unbranched alkanes of at least 4 members (excludes halogenated alkanes) is 18. The van der Waals surface area contributed by atoms with Crippen LogP contribution in [0.5, 0.6) is 0 Å². The summed E-state index contributed by atoms with van der Waals surface area (Å²) in [6.45, 7) is 4.33. The second-order valence-electron chi connectivity index (χ2n) is 19.7. The highest BCUT2D eigenvalue weighted by Crippen LogP contribution is 2.43. The number of aliphatic hydroxyl groups is 1. The van der Waals surface area contributed by atoms with Crippen LogP contribution in [-0.4, -0.2) is 66.5 Å². The van der Waals surface area contributed by atoms with E-state index in [9.17, 15) is 28.9 Å². The van der Waals surface area contributed by atoms with Crippen LogP contribution in [0.2, 0.25) is 0 Å². The lowest BCUT2D eigenvalue weighted by molar-refractivity contribution is -0.161. The van der Waals surface area contributed by atoms with E-state index >= 15 is 0 Å². The molecule has 2 N–H and O–H groups in total. The molecule has 12 heteroatoms. The van der Waals surface area contributed by atoms with Gasteiger partial charge in [0.2, 0.25) is 0 Å². The second-order valence-corrected chi connectivity index (χ2v) is 21.2. The fourth-order valence-electron chi connectivity index (χ4n) is 7.78. The molecule has 0 saturated heterocycles. The molecule has 0 heterocycles. The molecule has 0 amide bonds. The molecule has 3 unspecified atom stereocenters. The van der Waals surface area contributed by atoms with E-state index in [0.29, 0.717) is 19.3 Å². The number of rotatable bonds is 55. The SMILES string of the molecule is CC/C=C\C/C=C\C/C=C\C/C=C\CCCCCCCCC(=O)OC(COC(=O)CCCCCC/C=C\C/C=C\C/C=C\C/C=C\CC)COP(=O)(O)OCC(CO)OC(=O)CCCCCCC/C=C\C/C=C\CCCCC. The summed E-state index contributed by atoms with van der Waals surface area (Å²) >= 11 is 0. The van der Waals surface area contributed by atoms with Crippen LogP contribution in [0, 0.1) is 0 Å². The molecule has 0 aromatic rings. The molecule has 0 aliphatic carbocycles. The average Bonchev–Trinajstić information content (AvgIpc) is 3.43. The van der Waals surface area contributed by atoms with Crippen molar-refractivity contribution >= 4 is 25.7 Å². The first kappa shape index (κ1) is 73.9. The Bertz CT molecular complexity index is 1770. The zero-order chi connectivity index (χ0) is 56.9. The Kier molecular flexibility index (Phi) is 55.9. The van der Waals surface area contributed by atoms with Crippen molar-refractivity contribution in [2.75, 3.05) is 26.4 Å². The minimum Gasteiger partial charge on any atom is -0.462 e. The van der Waals surface area contributed by atoms with Crippen molar-refractivity contribution < 1.29 is 52.2 Å². The summed E-state index contributed by atoms with van der Waals surface area (Å²) in [5.74, 6) is -1.53. The number of phosphoric acid groups is 1. The van der Waals surface area contributed by atoms with Gasteiger partial charge >= 0.3 is 25.7 Å². The van der Waals surface area contributed by atoms with Crippen molar-refractivity contribution in [3.05, 3.63) is 122 Å². The van der Waals surface area contributed by atoms with E-state index in [1.807, 2.05) is 0 Å². The van der Waals surface area contributed by atoms with Gasteiger partial charge in [0.05, 0.1) is 19.8 Å². The average molecular weight is 1110 g/mol. The summed E-state index contributed by atoms with van der Waals surface area (Å²) in [4.78, 5) is 48.7. The fourth-order valence-corrected chi connectivity index (χ4v) is 8.56. The monoisotopic (exact) mass is 1110 g/mol. The highest BCUT2D eigenvalue weighted by Gasteiger charge is 2.28. The molecule has 444 valence electrons. The van der Waals surface area contributed by atoms with Crippen molar-refractivity contribution in [3.8, 4) is 0 Å². The molecule has 0 aromatic heterocycles. The van der Waals surface area contributed by atoms with Gasteiger partial charge in [-0.2, -0.15) is 0 Å². The summed E-state index contributed by atoms with van der Waals surface area (Å²) in [6, 6.07) is 0. The number of hydrogen-bond acceptors (Lipinski definition) is 10. The van der Waals surface area contributed by atoms with Crippen LogP contribution >= 0.6 is 7.82 Å². The third kappa shape index (κ3) is 56.6. The molecule has 0 aromatic carbocycles. The van der Waals surface area contributed by atoms with Gasteiger partial charge in [0.25, 0.3) is 0 Å². The first-order valence-corrected chi connectivity index (χ1v) is 31.9. The Hall–Kier alpha value is -4.12. The van der Waals surface area contributed by atoms with Crippen LogP contribution < -0.4 is 0 Å². The topological polar surface area (TPSA) is 155 Å². The molecule has 0 fully saturated rings. The Balaban J connectivity index is 4.82. The predicted molar refractivity (Wildman–Crippen MR) is 325 cm³/mol. The Morgan fingerprint density at radius 1 is 0.372 bits per heavy atom. The zero-order valence-electron chi connectivity index (χ0n) is 49.1. The third-order valence-corrected chi connectivity index (χ3v) is 13.3. The molecule has 3 atom stereocenters. The van der Waals surface area contributed by atoms with Crippen molar-refractivity contribution in [2.24, 2.45) is 0 Å². The van der Waals surface area contributed by atoms with Crippen LogP contribution in [0.3, 0.4) is 0 Å². The normalized spacial score (nSPS) is 14.2. The first-order chi connectivity index (χ1) is 38.2. The summed E-state index contributed by atoms with van der Waals surface area (Å²) < 4.78 is 39.6. The molecule has 78 heavy (non-hydrogen) atoms. The lowest BCUT2D eigenvalue weighted by Crippen LogP contribution is -2.30. The van der Waals surface area contributed by atoms with Gasteiger partial charge in [-0.3, -0.25) is 23.4 Å². The molecule has 0 aliphatic heterocycles. The van der Waals surface area contributed by atoms with Gasteiger partial charge in [0, 0.05) is 19.3 Å². The molecule has 0 rings (SSSR count). The predicted octanol–water partition coefficient (Wildman–Crippen LogP) is 18.4. The van der Waals surface area contributed by atoms with Gasteiger partial charge in [0.1, 0.15) is 12.7 Å². The number of allylic oxidation sites excluding steroid dienone is 20. The van der Waals surface area contributed by atoms with Crippen LogP contribution in [-0.2, 0) is 42.2 Å². The Morgan fingerprint density at radius 3 is 1.03 bits per heavy atom. The van der Waals surface area contributed by atoms with E-state index in [1.165, 1.54) is 19.3 Å². The minimum absolute atomic E-state index is 0.138.